The number of rotatable bonds is 4. The molecule has 0 aliphatic carbocycles. The van der Waals surface area contributed by atoms with Crippen molar-refractivity contribution < 1.29 is 18.7 Å². The van der Waals surface area contributed by atoms with E-state index in [2.05, 4.69) is 0 Å². The Morgan fingerprint density at radius 2 is 1.77 bits per heavy atom. The van der Waals surface area contributed by atoms with E-state index in [0.717, 1.165) is 18.4 Å². The van der Waals surface area contributed by atoms with E-state index in [1.54, 1.807) is 29.0 Å². The normalized spacial score (nSPS) is 15.7. The van der Waals surface area contributed by atoms with Crippen LogP contribution in [-0.2, 0) is 16.0 Å². The van der Waals surface area contributed by atoms with Crippen molar-refractivity contribution >= 4 is 12.0 Å². The Bertz CT molecular complexity index is 617. The first-order valence-corrected chi connectivity index (χ1v) is 9.10. The van der Waals surface area contributed by atoms with Crippen LogP contribution < -0.4 is 0 Å². The molecular weight excluding hydrogens is 335 g/mol. The van der Waals surface area contributed by atoms with E-state index in [-0.39, 0.29) is 24.2 Å². The van der Waals surface area contributed by atoms with Crippen molar-refractivity contribution in [2.75, 3.05) is 26.7 Å². The molecular formula is C20H29FN2O3. The second kappa shape index (κ2) is 8.52. The van der Waals surface area contributed by atoms with Crippen LogP contribution in [0.5, 0.6) is 0 Å². The predicted octanol–water partition coefficient (Wildman–Crippen LogP) is 3.47. The Morgan fingerprint density at radius 3 is 2.31 bits per heavy atom. The highest BCUT2D eigenvalue weighted by Gasteiger charge is 2.27. The number of hydrogen-bond donors (Lipinski definition) is 0. The highest BCUT2D eigenvalue weighted by atomic mass is 19.1. The molecule has 0 spiro atoms. The summed E-state index contributed by atoms with van der Waals surface area (Å²) in [5.74, 6) is 0.0911. The van der Waals surface area contributed by atoms with Gasteiger partial charge in [-0.05, 0) is 57.2 Å². The van der Waals surface area contributed by atoms with E-state index in [1.807, 2.05) is 20.8 Å². The minimum Gasteiger partial charge on any atom is -0.444 e. The molecule has 2 rings (SSSR count). The molecule has 1 aliphatic rings. The summed E-state index contributed by atoms with van der Waals surface area (Å²) < 4.78 is 18.3. The number of ether oxygens (including phenoxy) is 1. The van der Waals surface area contributed by atoms with Crippen LogP contribution in [0.3, 0.4) is 0 Å². The Balaban J connectivity index is 1.76. The van der Waals surface area contributed by atoms with Gasteiger partial charge in [-0.1, -0.05) is 12.1 Å². The van der Waals surface area contributed by atoms with Gasteiger partial charge in [0.25, 0.3) is 0 Å². The van der Waals surface area contributed by atoms with E-state index in [0.29, 0.717) is 25.6 Å². The third kappa shape index (κ3) is 6.32. The number of amides is 2. The third-order valence-electron chi connectivity index (χ3n) is 4.49. The smallest absolute Gasteiger partial charge is 0.410 e. The van der Waals surface area contributed by atoms with Crippen molar-refractivity contribution in [2.24, 2.45) is 5.92 Å². The van der Waals surface area contributed by atoms with Gasteiger partial charge in [0.15, 0.2) is 0 Å². The molecule has 5 nitrogen and oxygen atoms in total. The summed E-state index contributed by atoms with van der Waals surface area (Å²) in [4.78, 5) is 27.9. The number of nitrogens with zero attached hydrogens (tertiary/aromatic N) is 2. The molecule has 1 aromatic rings. The maximum absolute atomic E-state index is 12.9. The summed E-state index contributed by atoms with van der Waals surface area (Å²) in [5.41, 5.74) is 0.323. The van der Waals surface area contributed by atoms with Crippen LogP contribution in [-0.4, -0.2) is 54.1 Å². The zero-order valence-electron chi connectivity index (χ0n) is 16.1. The molecule has 1 heterocycles. The topological polar surface area (TPSA) is 49.9 Å². The fourth-order valence-electron chi connectivity index (χ4n) is 3.03. The van der Waals surface area contributed by atoms with Gasteiger partial charge < -0.3 is 14.5 Å². The molecule has 26 heavy (non-hydrogen) atoms. The summed E-state index contributed by atoms with van der Waals surface area (Å²) in [6, 6.07) is 6.02. The van der Waals surface area contributed by atoms with Crippen LogP contribution in [0, 0.1) is 11.7 Å². The summed E-state index contributed by atoms with van der Waals surface area (Å²) in [7, 11) is 1.80. The summed E-state index contributed by atoms with van der Waals surface area (Å²) in [6.45, 7) is 7.55. The predicted molar refractivity (Wildman–Crippen MR) is 98.3 cm³/mol. The number of piperidine rings is 1. The number of halogens is 1. The molecule has 1 saturated heterocycles. The number of carbonyl (C=O) groups excluding carboxylic acids is 2. The lowest BCUT2D eigenvalue weighted by Crippen LogP contribution is -2.44. The standard InChI is InChI=1S/C20H29FN2O3/c1-20(2,3)26-19(25)23-11-9-16(10-12-23)14-22(4)18(24)13-15-5-7-17(21)8-6-15/h5-8,16H,9-14H2,1-4H3. The van der Waals surface area contributed by atoms with Crippen LogP contribution >= 0.6 is 0 Å². The molecule has 1 aromatic carbocycles. The lowest BCUT2D eigenvalue weighted by atomic mass is 9.96. The van der Waals surface area contributed by atoms with Crippen LogP contribution in [0.4, 0.5) is 9.18 Å². The molecule has 0 saturated carbocycles. The van der Waals surface area contributed by atoms with Crippen LogP contribution in [0.25, 0.3) is 0 Å². The zero-order valence-corrected chi connectivity index (χ0v) is 16.1. The minimum atomic E-state index is -0.485. The van der Waals surface area contributed by atoms with E-state index in [9.17, 15) is 14.0 Å². The first-order valence-electron chi connectivity index (χ1n) is 9.10. The van der Waals surface area contributed by atoms with E-state index in [1.165, 1.54) is 12.1 Å². The van der Waals surface area contributed by atoms with Gasteiger partial charge >= 0.3 is 6.09 Å². The number of likely N-dealkylation sites (N-methyl/N-ethyl adjacent to an activating group) is 1. The van der Waals surface area contributed by atoms with Gasteiger partial charge in [-0.3, -0.25) is 4.79 Å². The fourth-order valence-corrected chi connectivity index (χ4v) is 3.03. The van der Waals surface area contributed by atoms with Crippen molar-refractivity contribution in [3.8, 4) is 0 Å². The number of hydrogen-bond acceptors (Lipinski definition) is 3. The van der Waals surface area contributed by atoms with Gasteiger partial charge in [-0.2, -0.15) is 0 Å². The first kappa shape index (κ1) is 20.2. The molecule has 6 heteroatoms. The lowest BCUT2D eigenvalue weighted by molar-refractivity contribution is -0.130. The molecule has 0 unspecified atom stereocenters. The average molecular weight is 364 g/mol. The monoisotopic (exact) mass is 364 g/mol. The van der Waals surface area contributed by atoms with Crippen LogP contribution in [0.1, 0.15) is 39.2 Å². The average Bonchev–Trinajstić information content (AvgIpc) is 2.56. The second-order valence-electron chi connectivity index (χ2n) is 7.99. The Labute approximate surface area is 155 Å². The quantitative estimate of drug-likeness (QED) is 0.822. The molecule has 144 valence electrons. The second-order valence-corrected chi connectivity index (χ2v) is 7.99. The molecule has 1 aliphatic heterocycles. The van der Waals surface area contributed by atoms with Gasteiger partial charge in [-0.15, -0.1) is 0 Å². The van der Waals surface area contributed by atoms with Crippen molar-refractivity contribution in [1.82, 2.24) is 9.80 Å². The lowest BCUT2D eigenvalue weighted by Gasteiger charge is -2.34. The van der Waals surface area contributed by atoms with Gasteiger partial charge in [0.1, 0.15) is 11.4 Å². The van der Waals surface area contributed by atoms with Crippen molar-refractivity contribution in [2.45, 2.75) is 45.6 Å². The van der Waals surface area contributed by atoms with Gasteiger partial charge in [0, 0.05) is 26.7 Å². The number of benzene rings is 1. The van der Waals surface area contributed by atoms with Crippen molar-refractivity contribution in [3.05, 3.63) is 35.6 Å². The molecule has 0 bridgehead atoms. The molecule has 2 amide bonds. The summed E-state index contributed by atoms with van der Waals surface area (Å²) in [6.07, 6.45) is 1.71. The molecule has 0 atom stereocenters. The summed E-state index contributed by atoms with van der Waals surface area (Å²) in [5, 5.41) is 0. The fraction of sp³-hybridized carbons (Fsp3) is 0.600. The number of carbonyl (C=O) groups is 2. The van der Waals surface area contributed by atoms with Gasteiger partial charge in [0.05, 0.1) is 6.42 Å². The largest absolute Gasteiger partial charge is 0.444 e. The van der Waals surface area contributed by atoms with Crippen LogP contribution in [0.15, 0.2) is 24.3 Å². The molecule has 0 radical (unpaired) electrons. The third-order valence-corrected chi connectivity index (χ3v) is 4.49. The summed E-state index contributed by atoms with van der Waals surface area (Å²) >= 11 is 0. The Hall–Kier alpha value is -2.11. The van der Waals surface area contributed by atoms with Crippen molar-refractivity contribution in [3.63, 3.8) is 0 Å². The van der Waals surface area contributed by atoms with Gasteiger partial charge in [0.2, 0.25) is 5.91 Å². The highest BCUT2D eigenvalue weighted by molar-refractivity contribution is 5.78. The van der Waals surface area contributed by atoms with E-state index < -0.39 is 5.60 Å². The number of likely N-dealkylation sites (tertiary alicyclic amines) is 1. The maximum Gasteiger partial charge on any atom is 0.410 e. The van der Waals surface area contributed by atoms with Crippen LogP contribution in [0.2, 0.25) is 0 Å². The SMILES string of the molecule is CN(CC1CCN(C(=O)OC(C)(C)C)CC1)C(=O)Cc1ccc(F)cc1. The van der Waals surface area contributed by atoms with E-state index in [4.69, 9.17) is 4.74 Å². The minimum absolute atomic E-state index is 0.0196. The van der Waals surface area contributed by atoms with Crippen molar-refractivity contribution in [1.29, 1.82) is 0 Å². The first-order chi connectivity index (χ1) is 12.1. The molecule has 0 N–H and O–H groups in total. The maximum atomic E-state index is 12.9. The molecule has 0 aromatic heterocycles. The van der Waals surface area contributed by atoms with E-state index >= 15 is 0 Å². The molecule has 1 fully saturated rings. The Kier molecular flexibility index (Phi) is 6.62. The zero-order chi connectivity index (χ0) is 19.3. The Morgan fingerprint density at radius 1 is 1.19 bits per heavy atom. The van der Waals surface area contributed by atoms with Gasteiger partial charge in [-0.25, -0.2) is 9.18 Å². The highest BCUT2D eigenvalue weighted by Crippen LogP contribution is 2.20.